The monoisotopic (exact) mass is 352 g/mol. The minimum absolute atomic E-state index is 0.125. The summed E-state index contributed by atoms with van der Waals surface area (Å²) in [5.41, 5.74) is 0.761. The van der Waals surface area contributed by atoms with E-state index >= 15 is 0 Å². The van der Waals surface area contributed by atoms with Crippen molar-refractivity contribution < 1.29 is 13.3 Å². The fraction of sp³-hybridized carbons (Fsp3) is 0.200. The summed E-state index contributed by atoms with van der Waals surface area (Å²) in [6.07, 6.45) is 0. The fourth-order valence-electron chi connectivity index (χ4n) is 2.02. The van der Waals surface area contributed by atoms with Gasteiger partial charge >= 0.3 is 0 Å². The van der Waals surface area contributed by atoms with Gasteiger partial charge in [-0.2, -0.15) is 0 Å². The van der Waals surface area contributed by atoms with Crippen LogP contribution in [0.2, 0.25) is 0 Å². The number of nitro groups is 1. The second-order valence-electron chi connectivity index (χ2n) is 4.72. The highest BCUT2D eigenvalue weighted by Gasteiger charge is 2.16. The Bertz CT molecular complexity index is 807. The Balaban J connectivity index is 2.20. The summed E-state index contributed by atoms with van der Waals surface area (Å²) >= 11 is 1.54. The van der Waals surface area contributed by atoms with Crippen molar-refractivity contribution in [1.29, 1.82) is 0 Å². The number of sulfonamides is 1. The molecule has 0 aliphatic heterocycles. The molecule has 1 N–H and O–H groups in total. The minimum Gasteiger partial charge on any atom is -0.282 e. The number of thioether (sulfide) groups is 1. The first-order valence-electron chi connectivity index (χ1n) is 6.87. The van der Waals surface area contributed by atoms with Crippen LogP contribution in [0, 0.1) is 10.1 Å². The number of para-hydroxylation sites is 1. The molecule has 8 heteroatoms. The van der Waals surface area contributed by atoms with Crippen LogP contribution in [-0.4, -0.2) is 19.1 Å². The van der Waals surface area contributed by atoms with Crippen LogP contribution in [-0.2, 0) is 15.8 Å². The summed E-state index contributed by atoms with van der Waals surface area (Å²) in [6.45, 7) is 1.99. The summed E-state index contributed by atoms with van der Waals surface area (Å²) in [5.74, 6) is 0.503. The molecule has 2 aromatic carbocycles. The van der Waals surface area contributed by atoms with Crippen LogP contribution in [0.3, 0.4) is 0 Å². The van der Waals surface area contributed by atoms with Crippen LogP contribution < -0.4 is 4.72 Å². The Morgan fingerprint density at radius 2 is 1.91 bits per heavy atom. The molecule has 0 heterocycles. The van der Waals surface area contributed by atoms with E-state index in [4.69, 9.17) is 0 Å². The lowest BCUT2D eigenvalue weighted by atomic mass is 10.2. The van der Waals surface area contributed by atoms with Crippen LogP contribution in [0.1, 0.15) is 12.5 Å². The average molecular weight is 352 g/mol. The summed E-state index contributed by atoms with van der Waals surface area (Å²) in [5, 5.41) is 10.8. The van der Waals surface area contributed by atoms with Crippen LogP contribution >= 0.6 is 11.8 Å². The normalized spacial score (nSPS) is 11.2. The summed E-state index contributed by atoms with van der Waals surface area (Å²) in [4.78, 5) is 11.1. The Morgan fingerprint density at radius 3 is 2.61 bits per heavy atom. The number of hydrogen-bond donors (Lipinski definition) is 1. The molecule has 0 radical (unpaired) electrons. The lowest BCUT2D eigenvalue weighted by Crippen LogP contribution is -2.15. The number of rotatable bonds is 7. The minimum atomic E-state index is -3.66. The van der Waals surface area contributed by atoms with Gasteiger partial charge in [0.15, 0.2) is 0 Å². The molecule has 122 valence electrons. The van der Waals surface area contributed by atoms with Crippen molar-refractivity contribution in [3.8, 4) is 0 Å². The molecule has 0 saturated carbocycles. The maximum Gasteiger partial charge on any atom is 0.269 e. The van der Waals surface area contributed by atoms with E-state index in [0.29, 0.717) is 11.3 Å². The third-order valence-corrected chi connectivity index (χ3v) is 5.13. The van der Waals surface area contributed by atoms with Crippen molar-refractivity contribution in [2.75, 3.05) is 10.5 Å². The summed E-state index contributed by atoms with van der Waals surface area (Å²) < 4.78 is 27.2. The molecule has 0 aliphatic rings. The van der Waals surface area contributed by atoms with Gasteiger partial charge in [0.1, 0.15) is 0 Å². The zero-order valence-electron chi connectivity index (χ0n) is 12.4. The maximum atomic E-state index is 12.3. The van der Waals surface area contributed by atoms with Crippen LogP contribution in [0.5, 0.6) is 0 Å². The Morgan fingerprint density at radius 1 is 1.17 bits per heavy atom. The van der Waals surface area contributed by atoms with Gasteiger partial charge in [0.2, 0.25) is 10.0 Å². The lowest BCUT2D eigenvalue weighted by molar-refractivity contribution is -0.384. The number of nitro benzene ring substituents is 1. The van der Waals surface area contributed by atoms with Gasteiger partial charge in [-0.1, -0.05) is 31.2 Å². The lowest BCUT2D eigenvalue weighted by Gasteiger charge is -2.11. The van der Waals surface area contributed by atoms with Crippen molar-refractivity contribution in [3.63, 3.8) is 0 Å². The van der Waals surface area contributed by atoms with Crippen LogP contribution in [0.15, 0.2) is 53.4 Å². The Labute approximate surface area is 139 Å². The molecule has 0 aliphatic carbocycles. The van der Waals surface area contributed by atoms with E-state index in [1.54, 1.807) is 18.2 Å². The first-order chi connectivity index (χ1) is 10.9. The SMILES string of the molecule is CCSc1ccccc1NS(=O)(=O)Cc1cccc([N+](=O)[O-])c1. The molecule has 0 unspecified atom stereocenters. The molecule has 23 heavy (non-hydrogen) atoms. The fourth-order valence-corrected chi connectivity index (χ4v) is 4.04. The van der Waals surface area contributed by atoms with Crippen molar-refractivity contribution >= 4 is 33.2 Å². The largest absolute Gasteiger partial charge is 0.282 e. The van der Waals surface area contributed by atoms with Crippen LogP contribution in [0.4, 0.5) is 11.4 Å². The molecule has 6 nitrogen and oxygen atoms in total. The van der Waals surface area contributed by atoms with Gasteiger partial charge in [0, 0.05) is 17.0 Å². The molecule has 0 spiro atoms. The van der Waals surface area contributed by atoms with E-state index in [1.165, 1.54) is 30.0 Å². The Kier molecular flexibility index (Phi) is 5.62. The molecular weight excluding hydrogens is 336 g/mol. The number of benzene rings is 2. The number of nitrogens with one attached hydrogen (secondary N) is 1. The van der Waals surface area contributed by atoms with Gasteiger partial charge in [-0.25, -0.2) is 8.42 Å². The first kappa shape index (κ1) is 17.3. The van der Waals surface area contributed by atoms with Crippen molar-refractivity contribution in [1.82, 2.24) is 0 Å². The molecule has 0 saturated heterocycles. The van der Waals surface area contributed by atoms with Crippen LogP contribution in [0.25, 0.3) is 0 Å². The number of anilines is 1. The van der Waals surface area contributed by atoms with E-state index in [9.17, 15) is 18.5 Å². The van der Waals surface area contributed by atoms with Crippen molar-refractivity contribution in [3.05, 3.63) is 64.2 Å². The molecule has 0 atom stereocenters. The predicted molar refractivity (Wildman–Crippen MR) is 92.2 cm³/mol. The summed E-state index contributed by atoms with van der Waals surface area (Å²) in [7, 11) is -3.66. The maximum absolute atomic E-state index is 12.3. The highest BCUT2D eigenvalue weighted by molar-refractivity contribution is 7.99. The van der Waals surface area contributed by atoms with Crippen molar-refractivity contribution in [2.45, 2.75) is 17.6 Å². The van der Waals surface area contributed by atoms with E-state index < -0.39 is 14.9 Å². The third-order valence-electron chi connectivity index (χ3n) is 2.93. The first-order valence-corrected chi connectivity index (χ1v) is 9.50. The van der Waals surface area contributed by atoms with E-state index in [-0.39, 0.29) is 11.4 Å². The summed E-state index contributed by atoms with van der Waals surface area (Å²) in [6, 6.07) is 12.8. The standard InChI is InChI=1S/C15H16N2O4S2/c1-2-22-15-9-4-3-8-14(15)16-23(20,21)11-12-6-5-7-13(10-12)17(18)19/h3-10,16H,2,11H2,1H3. The van der Waals surface area contributed by atoms with Gasteiger partial charge in [-0.3, -0.25) is 14.8 Å². The van der Waals surface area contributed by atoms with E-state index in [0.717, 1.165) is 10.6 Å². The second-order valence-corrected chi connectivity index (χ2v) is 7.75. The van der Waals surface area contributed by atoms with Gasteiger partial charge < -0.3 is 0 Å². The predicted octanol–water partition coefficient (Wildman–Crippen LogP) is 3.65. The Hall–Kier alpha value is -2.06. The second kappa shape index (κ2) is 7.47. The number of nitrogens with zero attached hydrogens (tertiary/aromatic N) is 1. The zero-order valence-corrected chi connectivity index (χ0v) is 14.1. The smallest absolute Gasteiger partial charge is 0.269 e. The quantitative estimate of drug-likeness (QED) is 0.467. The van der Waals surface area contributed by atoms with Crippen molar-refractivity contribution in [2.24, 2.45) is 0 Å². The molecule has 2 aromatic rings. The van der Waals surface area contributed by atoms with Gasteiger partial charge in [0.25, 0.3) is 5.69 Å². The number of non-ortho nitro benzene ring substituents is 1. The zero-order chi connectivity index (χ0) is 16.9. The van der Waals surface area contributed by atoms with E-state index in [2.05, 4.69) is 4.72 Å². The highest BCUT2D eigenvalue weighted by Crippen LogP contribution is 2.28. The van der Waals surface area contributed by atoms with Gasteiger partial charge in [-0.05, 0) is 23.4 Å². The molecular formula is C15H16N2O4S2. The van der Waals surface area contributed by atoms with Gasteiger partial charge in [0.05, 0.1) is 16.4 Å². The highest BCUT2D eigenvalue weighted by atomic mass is 32.2. The molecule has 0 amide bonds. The molecule has 0 bridgehead atoms. The molecule has 2 rings (SSSR count). The van der Waals surface area contributed by atoms with Gasteiger partial charge in [-0.15, -0.1) is 11.8 Å². The molecule has 0 aromatic heterocycles. The number of hydrogen-bond acceptors (Lipinski definition) is 5. The third kappa shape index (κ3) is 4.97. The van der Waals surface area contributed by atoms with E-state index in [1.807, 2.05) is 19.1 Å². The molecule has 0 fully saturated rings. The topological polar surface area (TPSA) is 89.3 Å². The average Bonchev–Trinajstić information content (AvgIpc) is 2.49.